The Balaban J connectivity index is 2.34. The standard InChI is InChI=1S/C14H25P/c1-6-15(7-2)12-10-11-8-9-14(12,5)13(11,3)4/h10-11H,6-9H2,1-5H3/t11-,14+/m1/s1. The summed E-state index contributed by atoms with van der Waals surface area (Å²) >= 11 is 0. The van der Waals surface area contributed by atoms with Crippen LogP contribution in [0.5, 0.6) is 0 Å². The highest BCUT2D eigenvalue weighted by Gasteiger charge is 2.57. The zero-order valence-electron chi connectivity index (χ0n) is 10.9. The third kappa shape index (κ3) is 1.37. The normalized spacial score (nSPS) is 37.5. The molecule has 0 N–H and O–H groups in total. The summed E-state index contributed by atoms with van der Waals surface area (Å²) in [5.41, 5.74) is 1.07. The van der Waals surface area contributed by atoms with Gasteiger partial charge >= 0.3 is 0 Å². The Morgan fingerprint density at radius 3 is 2.20 bits per heavy atom. The van der Waals surface area contributed by atoms with Crippen LogP contribution in [0.15, 0.2) is 11.4 Å². The van der Waals surface area contributed by atoms with Crippen molar-refractivity contribution in [1.82, 2.24) is 0 Å². The molecule has 0 amide bonds. The number of rotatable bonds is 3. The maximum Gasteiger partial charge on any atom is -0.00170 e. The zero-order chi connectivity index (χ0) is 11.3. The number of hydrogen-bond acceptors (Lipinski definition) is 0. The number of hydrogen-bond donors (Lipinski definition) is 0. The van der Waals surface area contributed by atoms with Gasteiger partial charge in [0.15, 0.2) is 0 Å². The Hall–Kier alpha value is 0.170. The van der Waals surface area contributed by atoms with Crippen LogP contribution < -0.4 is 0 Å². The molecule has 2 aliphatic carbocycles. The van der Waals surface area contributed by atoms with E-state index >= 15 is 0 Å². The molecule has 2 rings (SSSR count). The summed E-state index contributed by atoms with van der Waals surface area (Å²) < 4.78 is 0. The Labute approximate surface area is 96.3 Å². The van der Waals surface area contributed by atoms with E-state index in [-0.39, 0.29) is 7.92 Å². The second-order valence-corrected chi connectivity index (χ2v) is 8.75. The monoisotopic (exact) mass is 224 g/mol. The van der Waals surface area contributed by atoms with Crippen LogP contribution in [0.3, 0.4) is 0 Å². The van der Waals surface area contributed by atoms with Gasteiger partial charge in [0.2, 0.25) is 0 Å². The lowest BCUT2D eigenvalue weighted by atomic mass is 9.70. The maximum absolute atomic E-state index is 2.67. The zero-order valence-corrected chi connectivity index (χ0v) is 11.8. The van der Waals surface area contributed by atoms with Crippen LogP contribution in [-0.2, 0) is 0 Å². The van der Waals surface area contributed by atoms with Gasteiger partial charge in [-0.15, -0.1) is 0 Å². The fourth-order valence-electron chi connectivity index (χ4n) is 3.68. The van der Waals surface area contributed by atoms with Crippen LogP contribution in [0.25, 0.3) is 0 Å². The Morgan fingerprint density at radius 2 is 1.87 bits per heavy atom. The van der Waals surface area contributed by atoms with E-state index < -0.39 is 0 Å². The van der Waals surface area contributed by atoms with Gasteiger partial charge in [-0.05, 0) is 47.2 Å². The summed E-state index contributed by atoms with van der Waals surface area (Å²) in [7, 11) is 0.182. The van der Waals surface area contributed by atoms with E-state index in [0.29, 0.717) is 10.8 Å². The second-order valence-electron chi connectivity index (χ2n) is 5.92. The molecule has 0 radical (unpaired) electrons. The summed E-state index contributed by atoms with van der Waals surface area (Å²) in [6.45, 7) is 12.3. The molecule has 86 valence electrons. The third-order valence-electron chi connectivity index (χ3n) is 5.33. The van der Waals surface area contributed by atoms with Gasteiger partial charge in [0.1, 0.15) is 0 Å². The highest BCUT2D eigenvalue weighted by Crippen LogP contribution is 2.72. The molecule has 1 saturated carbocycles. The summed E-state index contributed by atoms with van der Waals surface area (Å²) in [6, 6.07) is 0. The molecule has 1 fully saturated rings. The first-order valence-electron chi connectivity index (χ1n) is 6.44. The predicted octanol–water partition coefficient (Wildman–Crippen LogP) is 4.85. The Kier molecular flexibility index (Phi) is 2.79. The average molecular weight is 224 g/mol. The van der Waals surface area contributed by atoms with Crippen LogP contribution in [0, 0.1) is 16.7 Å². The molecular weight excluding hydrogens is 199 g/mol. The second kappa shape index (κ2) is 3.59. The van der Waals surface area contributed by atoms with Crippen molar-refractivity contribution in [3.05, 3.63) is 11.4 Å². The SMILES string of the molecule is CCP(CC)C1=C[C@H]2CC[C@]1(C)C2(C)C. The molecule has 0 aromatic heterocycles. The van der Waals surface area contributed by atoms with Crippen molar-refractivity contribution in [3.8, 4) is 0 Å². The molecule has 0 aromatic carbocycles. The lowest BCUT2D eigenvalue weighted by Crippen LogP contribution is -2.30. The van der Waals surface area contributed by atoms with Crippen LogP contribution in [0.1, 0.15) is 47.5 Å². The smallest absolute Gasteiger partial charge is 0.00170 e. The first kappa shape index (κ1) is 11.6. The molecule has 0 unspecified atom stereocenters. The molecule has 0 aliphatic heterocycles. The highest BCUT2D eigenvalue weighted by atomic mass is 31.1. The van der Waals surface area contributed by atoms with Crippen LogP contribution in [-0.4, -0.2) is 12.3 Å². The van der Waals surface area contributed by atoms with Crippen molar-refractivity contribution in [2.75, 3.05) is 12.3 Å². The summed E-state index contributed by atoms with van der Waals surface area (Å²) in [5, 5.41) is 1.86. The van der Waals surface area contributed by atoms with Crippen LogP contribution in [0.2, 0.25) is 0 Å². The van der Waals surface area contributed by atoms with Crippen LogP contribution >= 0.6 is 7.92 Å². The van der Waals surface area contributed by atoms with E-state index in [0.717, 1.165) is 5.92 Å². The van der Waals surface area contributed by atoms with Gasteiger partial charge in [0.25, 0.3) is 0 Å². The van der Waals surface area contributed by atoms with Crippen molar-refractivity contribution in [1.29, 1.82) is 0 Å². The molecule has 0 spiro atoms. The Bertz CT molecular complexity index is 286. The lowest BCUT2D eigenvalue weighted by Gasteiger charge is -2.40. The number of fused-ring (bicyclic) bond motifs is 2. The number of allylic oxidation sites excluding steroid dienone is 2. The van der Waals surface area contributed by atoms with E-state index in [4.69, 9.17) is 0 Å². The fraction of sp³-hybridized carbons (Fsp3) is 0.857. The predicted molar refractivity (Wildman–Crippen MR) is 70.7 cm³/mol. The van der Waals surface area contributed by atoms with Gasteiger partial charge in [-0.3, -0.25) is 0 Å². The molecule has 15 heavy (non-hydrogen) atoms. The first-order chi connectivity index (χ1) is 6.97. The molecule has 2 aliphatic rings. The molecule has 2 bridgehead atoms. The summed E-state index contributed by atoms with van der Waals surface area (Å²) in [4.78, 5) is 0. The van der Waals surface area contributed by atoms with E-state index in [2.05, 4.69) is 40.7 Å². The molecular formula is C14H25P. The first-order valence-corrected chi connectivity index (χ1v) is 8.15. The van der Waals surface area contributed by atoms with Gasteiger partial charge in [-0.1, -0.05) is 48.6 Å². The van der Waals surface area contributed by atoms with E-state index in [9.17, 15) is 0 Å². The fourth-order valence-corrected chi connectivity index (χ4v) is 6.30. The van der Waals surface area contributed by atoms with Gasteiger partial charge in [0, 0.05) is 0 Å². The molecule has 0 aromatic rings. The van der Waals surface area contributed by atoms with Gasteiger partial charge in [-0.2, -0.15) is 0 Å². The Morgan fingerprint density at radius 1 is 1.27 bits per heavy atom. The van der Waals surface area contributed by atoms with Crippen LogP contribution in [0.4, 0.5) is 0 Å². The van der Waals surface area contributed by atoms with Crippen molar-refractivity contribution >= 4 is 7.92 Å². The quantitative estimate of drug-likeness (QED) is 0.601. The molecule has 0 saturated heterocycles. The minimum Gasteiger partial charge on any atom is -0.0800 e. The van der Waals surface area contributed by atoms with Gasteiger partial charge in [-0.25, -0.2) is 0 Å². The third-order valence-corrected chi connectivity index (χ3v) is 8.18. The van der Waals surface area contributed by atoms with Crippen molar-refractivity contribution < 1.29 is 0 Å². The largest absolute Gasteiger partial charge is 0.0800 e. The van der Waals surface area contributed by atoms with Crippen molar-refractivity contribution in [2.45, 2.75) is 47.5 Å². The van der Waals surface area contributed by atoms with Crippen molar-refractivity contribution in [3.63, 3.8) is 0 Å². The topological polar surface area (TPSA) is 0 Å². The highest BCUT2D eigenvalue weighted by molar-refractivity contribution is 7.62. The van der Waals surface area contributed by atoms with E-state index in [1.54, 1.807) is 0 Å². The van der Waals surface area contributed by atoms with Gasteiger partial charge in [0.05, 0.1) is 0 Å². The van der Waals surface area contributed by atoms with Crippen molar-refractivity contribution in [2.24, 2.45) is 16.7 Å². The summed E-state index contributed by atoms with van der Waals surface area (Å²) in [6.07, 6.45) is 8.31. The summed E-state index contributed by atoms with van der Waals surface area (Å²) in [5.74, 6) is 0.876. The molecule has 1 heteroatoms. The van der Waals surface area contributed by atoms with Gasteiger partial charge < -0.3 is 0 Å². The molecule has 2 atom stereocenters. The minimum atomic E-state index is 0.182. The molecule has 0 nitrogen and oxygen atoms in total. The molecule has 0 heterocycles. The minimum absolute atomic E-state index is 0.182. The maximum atomic E-state index is 2.67. The average Bonchev–Trinajstić information content (AvgIpc) is 2.52. The van der Waals surface area contributed by atoms with E-state index in [1.165, 1.54) is 25.2 Å². The lowest BCUT2D eigenvalue weighted by molar-refractivity contribution is 0.178. The van der Waals surface area contributed by atoms with E-state index in [1.807, 2.05) is 5.31 Å².